The van der Waals surface area contributed by atoms with Gasteiger partial charge >= 0.3 is 0 Å². The maximum atomic E-state index is 5.61. The summed E-state index contributed by atoms with van der Waals surface area (Å²) in [6.45, 7) is 2.76. The highest BCUT2D eigenvalue weighted by atomic mass is 35.5. The molecule has 6 heavy (non-hydrogen) atoms. The lowest BCUT2D eigenvalue weighted by molar-refractivity contribution is 0.374. The van der Waals surface area contributed by atoms with Gasteiger partial charge in [0.25, 0.3) is 0 Å². The Bertz CT molecular complexity index is 58.6. The molecule has 1 aliphatic heterocycles. The van der Waals surface area contributed by atoms with Gasteiger partial charge in [-0.05, 0) is 6.42 Å². The SMILES string of the molecule is CCC1(Cl)CO1. The Morgan fingerprint density at radius 1 is 2.00 bits per heavy atom. The first kappa shape index (κ1) is 4.41. The molecule has 0 aromatic carbocycles. The van der Waals surface area contributed by atoms with Crippen molar-refractivity contribution < 1.29 is 4.74 Å². The first-order chi connectivity index (χ1) is 2.77. The van der Waals surface area contributed by atoms with Crippen molar-refractivity contribution in [2.24, 2.45) is 0 Å². The van der Waals surface area contributed by atoms with Crippen molar-refractivity contribution in [3.05, 3.63) is 0 Å². The fourth-order valence-electron chi connectivity index (χ4n) is 0.282. The minimum absolute atomic E-state index is 0.236. The van der Waals surface area contributed by atoms with Gasteiger partial charge < -0.3 is 4.74 Å². The van der Waals surface area contributed by atoms with Crippen molar-refractivity contribution in [1.29, 1.82) is 0 Å². The van der Waals surface area contributed by atoms with E-state index in [1.54, 1.807) is 0 Å². The molecule has 0 amide bonds. The Morgan fingerprint density at radius 3 is 2.50 bits per heavy atom. The van der Waals surface area contributed by atoms with E-state index in [0.717, 1.165) is 13.0 Å². The van der Waals surface area contributed by atoms with E-state index in [-0.39, 0.29) is 5.06 Å². The highest BCUT2D eigenvalue weighted by Gasteiger charge is 2.40. The largest absolute Gasteiger partial charge is 0.353 e. The van der Waals surface area contributed by atoms with Gasteiger partial charge in [0.2, 0.25) is 0 Å². The van der Waals surface area contributed by atoms with Crippen LogP contribution in [0.1, 0.15) is 13.3 Å². The summed E-state index contributed by atoms with van der Waals surface area (Å²) in [5.41, 5.74) is 0. The number of halogens is 1. The normalized spacial score (nSPS) is 43.0. The van der Waals surface area contributed by atoms with Crippen LogP contribution in [0.4, 0.5) is 0 Å². The Labute approximate surface area is 42.2 Å². The second kappa shape index (κ2) is 1.11. The van der Waals surface area contributed by atoms with E-state index in [9.17, 15) is 0 Å². The van der Waals surface area contributed by atoms with Gasteiger partial charge in [-0.2, -0.15) is 0 Å². The van der Waals surface area contributed by atoms with Gasteiger partial charge in [0.1, 0.15) is 0 Å². The lowest BCUT2D eigenvalue weighted by Gasteiger charge is -1.89. The average Bonchev–Trinajstić information content (AvgIpc) is 2.22. The molecule has 0 aliphatic carbocycles. The molecule has 0 spiro atoms. The third-order valence-corrected chi connectivity index (χ3v) is 1.47. The van der Waals surface area contributed by atoms with Gasteiger partial charge in [0.05, 0.1) is 6.61 Å². The zero-order valence-electron chi connectivity index (χ0n) is 3.70. The summed E-state index contributed by atoms with van der Waals surface area (Å²) in [4.78, 5) is 0. The molecule has 1 rings (SSSR count). The molecule has 0 radical (unpaired) electrons. The number of hydrogen-bond acceptors (Lipinski definition) is 1. The summed E-state index contributed by atoms with van der Waals surface area (Å²) in [5, 5.41) is -0.236. The van der Waals surface area contributed by atoms with E-state index in [4.69, 9.17) is 16.3 Å². The van der Waals surface area contributed by atoms with Crippen molar-refractivity contribution in [1.82, 2.24) is 0 Å². The minimum atomic E-state index is -0.236. The van der Waals surface area contributed by atoms with Crippen LogP contribution in [0.3, 0.4) is 0 Å². The fourth-order valence-corrected chi connectivity index (χ4v) is 0.337. The highest BCUT2D eigenvalue weighted by molar-refractivity contribution is 6.24. The second-order valence-electron chi connectivity index (χ2n) is 1.53. The minimum Gasteiger partial charge on any atom is -0.353 e. The highest BCUT2D eigenvalue weighted by Crippen LogP contribution is 2.34. The lowest BCUT2D eigenvalue weighted by atomic mass is 10.4. The summed E-state index contributed by atoms with van der Waals surface area (Å²) in [5.74, 6) is 0. The molecule has 1 saturated heterocycles. The van der Waals surface area contributed by atoms with E-state index in [1.807, 2.05) is 6.92 Å². The summed E-state index contributed by atoms with van der Waals surface area (Å²) >= 11 is 5.61. The maximum absolute atomic E-state index is 5.61. The summed E-state index contributed by atoms with van der Waals surface area (Å²) in [7, 11) is 0. The van der Waals surface area contributed by atoms with Crippen LogP contribution in [-0.4, -0.2) is 11.7 Å². The van der Waals surface area contributed by atoms with Gasteiger partial charge in [-0.3, -0.25) is 0 Å². The number of ether oxygens (including phenoxy) is 1. The molecular formula is C4H7ClO. The molecule has 0 bridgehead atoms. The van der Waals surface area contributed by atoms with Gasteiger partial charge in [-0.15, -0.1) is 0 Å². The van der Waals surface area contributed by atoms with Crippen LogP contribution in [-0.2, 0) is 4.74 Å². The fraction of sp³-hybridized carbons (Fsp3) is 1.00. The smallest absolute Gasteiger partial charge is 0.164 e. The van der Waals surface area contributed by atoms with E-state index >= 15 is 0 Å². The summed E-state index contributed by atoms with van der Waals surface area (Å²) < 4.78 is 4.81. The second-order valence-corrected chi connectivity index (χ2v) is 2.21. The standard InChI is InChI=1S/C4H7ClO/c1-2-4(5)3-6-4/h2-3H2,1H3. The number of hydrogen-bond donors (Lipinski definition) is 0. The van der Waals surface area contributed by atoms with Gasteiger partial charge in [-0.1, -0.05) is 18.5 Å². The predicted molar refractivity (Wildman–Crippen MR) is 24.8 cm³/mol. The van der Waals surface area contributed by atoms with Crippen molar-refractivity contribution >= 4 is 11.6 Å². The van der Waals surface area contributed by atoms with E-state index < -0.39 is 0 Å². The van der Waals surface area contributed by atoms with E-state index in [2.05, 4.69) is 0 Å². The predicted octanol–water partition coefficient (Wildman–Crippen LogP) is 1.36. The van der Waals surface area contributed by atoms with Crippen LogP contribution in [0.25, 0.3) is 0 Å². The Balaban J connectivity index is 2.28. The monoisotopic (exact) mass is 106 g/mol. The summed E-state index contributed by atoms with van der Waals surface area (Å²) in [6, 6.07) is 0. The summed E-state index contributed by atoms with van der Waals surface area (Å²) in [6.07, 6.45) is 0.925. The molecule has 1 unspecified atom stereocenters. The molecule has 1 heterocycles. The van der Waals surface area contributed by atoms with Crippen molar-refractivity contribution in [3.63, 3.8) is 0 Å². The maximum Gasteiger partial charge on any atom is 0.164 e. The zero-order chi connectivity index (χ0) is 4.62. The zero-order valence-corrected chi connectivity index (χ0v) is 4.46. The molecular weight excluding hydrogens is 99.5 g/mol. The Morgan fingerprint density at radius 2 is 2.50 bits per heavy atom. The average molecular weight is 107 g/mol. The molecule has 1 fully saturated rings. The van der Waals surface area contributed by atoms with Crippen molar-refractivity contribution in [2.75, 3.05) is 6.61 Å². The number of epoxide rings is 1. The lowest BCUT2D eigenvalue weighted by Crippen LogP contribution is -1.93. The molecule has 1 aliphatic rings. The van der Waals surface area contributed by atoms with Crippen LogP contribution in [0.15, 0.2) is 0 Å². The van der Waals surface area contributed by atoms with Crippen LogP contribution in [0.2, 0.25) is 0 Å². The van der Waals surface area contributed by atoms with Gasteiger partial charge in [-0.25, -0.2) is 0 Å². The van der Waals surface area contributed by atoms with E-state index in [0.29, 0.717) is 0 Å². The molecule has 1 nitrogen and oxygen atoms in total. The van der Waals surface area contributed by atoms with E-state index in [1.165, 1.54) is 0 Å². The number of rotatable bonds is 1. The molecule has 0 saturated carbocycles. The third-order valence-electron chi connectivity index (χ3n) is 0.986. The van der Waals surface area contributed by atoms with Crippen molar-refractivity contribution in [2.45, 2.75) is 18.4 Å². The Hall–Kier alpha value is 0.250. The first-order valence-electron chi connectivity index (χ1n) is 2.10. The Kier molecular flexibility index (Phi) is 0.815. The topological polar surface area (TPSA) is 12.5 Å². The third kappa shape index (κ3) is 0.660. The molecule has 36 valence electrons. The van der Waals surface area contributed by atoms with Crippen LogP contribution in [0.5, 0.6) is 0 Å². The van der Waals surface area contributed by atoms with Crippen LogP contribution >= 0.6 is 11.6 Å². The van der Waals surface area contributed by atoms with Gasteiger partial charge in [0, 0.05) is 0 Å². The van der Waals surface area contributed by atoms with Gasteiger partial charge in [0.15, 0.2) is 5.06 Å². The first-order valence-corrected chi connectivity index (χ1v) is 2.47. The molecule has 0 N–H and O–H groups in total. The van der Waals surface area contributed by atoms with Crippen LogP contribution < -0.4 is 0 Å². The van der Waals surface area contributed by atoms with Crippen molar-refractivity contribution in [3.8, 4) is 0 Å². The molecule has 0 aromatic heterocycles. The molecule has 1 atom stereocenters. The molecule has 0 aromatic rings. The van der Waals surface area contributed by atoms with Crippen LogP contribution in [0, 0.1) is 0 Å². The quantitative estimate of drug-likeness (QED) is 0.363. The number of alkyl halides is 1. The molecule has 2 heteroatoms.